The Morgan fingerprint density at radius 1 is 0.422 bits per heavy atom. The highest BCUT2D eigenvalue weighted by Gasteiger charge is 2.50. The Hall–Kier alpha value is -12.4. The van der Waals surface area contributed by atoms with E-state index in [9.17, 15) is 81.1 Å². The van der Waals surface area contributed by atoms with Crippen molar-refractivity contribution >= 4 is 150 Å². The van der Waals surface area contributed by atoms with Gasteiger partial charge < -0.3 is 96.6 Å². The largest absolute Gasteiger partial charge is 0.445 e. The molecule has 0 bridgehead atoms. The monoisotopic (exact) mass is 2180 g/mol. The minimum atomic E-state index is -1.07. The first-order valence-corrected chi connectivity index (χ1v) is 52.9. The molecule has 8 rings (SSSR count). The molecule has 12 atom stereocenters. The van der Waals surface area contributed by atoms with E-state index in [2.05, 4.69) is 78.4 Å². The van der Waals surface area contributed by atoms with E-state index in [1.165, 1.54) is 17.0 Å². The summed E-state index contributed by atoms with van der Waals surface area (Å²) in [6.45, 7) is 22.7. The van der Waals surface area contributed by atoms with Crippen molar-refractivity contribution in [2.45, 2.75) is 311 Å². The molecule has 41 heteroatoms. The van der Waals surface area contributed by atoms with Crippen molar-refractivity contribution < 1.29 is 90.6 Å². The number of benzene rings is 4. The summed E-state index contributed by atoms with van der Waals surface area (Å²) < 4.78 is 26.4. The normalized spacial score (nSPS) is 16.7. The highest BCUT2D eigenvalue weighted by molar-refractivity contribution is 9.10. The molecule has 0 spiro atoms. The quantitative estimate of drug-likeness (QED) is 0.0111. The first-order valence-electron chi connectivity index (χ1n) is 51.3. The van der Waals surface area contributed by atoms with Crippen molar-refractivity contribution in [1.29, 1.82) is 0 Å². The molecular formula is C106H157Br2FN20O18. The van der Waals surface area contributed by atoms with Crippen LogP contribution >= 0.6 is 31.9 Å². The van der Waals surface area contributed by atoms with E-state index >= 15 is 0 Å². The number of nitrogens with two attached hydrogens (primary N) is 8. The van der Waals surface area contributed by atoms with Crippen molar-refractivity contribution in [1.82, 2.24) is 41.3 Å². The number of guanidine groups is 4. The van der Waals surface area contributed by atoms with Gasteiger partial charge in [0, 0.05) is 135 Å². The number of nitrogens with one attached hydrogen (secondary N) is 5. The van der Waals surface area contributed by atoms with E-state index in [0.717, 1.165) is 28.4 Å². The molecule has 38 nitrogen and oxygen atoms in total. The number of likely N-dealkylation sites (tertiary alicyclic amines) is 3. The number of carbonyl (C=O) groups excluding carboxylic acids is 16. The molecule has 3 aliphatic heterocycles. The summed E-state index contributed by atoms with van der Waals surface area (Å²) in [6.07, 6.45) is 11.3. The maximum absolute atomic E-state index is 14.3. The first kappa shape index (κ1) is 125. The number of halogens is 3. The molecular weight excluding hydrogens is 2020 g/mol. The number of hydrogen-bond acceptors (Lipinski definition) is 22. The fourth-order valence-electron chi connectivity index (χ4n) is 18.2. The number of carbonyl (C=O) groups is 16. The van der Waals surface area contributed by atoms with Gasteiger partial charge in [0.1, 0.15) is 65.8 Å². The third kappa shape index (κ3) is 42.7. The fourth-order valence-corrected chi connectivity index (χ4v) is 18.8. The highest BCUT2D eigenvalue weighted by atomic mass is 79.9. The van der Waals surface area contributed by atoms with Gasteiger partial charge in [-0.3, -0.25) is 87.1 Å². The van der Waals surface area contributed by atoms with Crippen molar-refractivity contribution in [3.63, 3.8) is 0 Å². The summed E-state index contributed by atoms with van der Waals surface area (Å²) in [5.41, 5.74) is 43.7. The maximum atomic E-state index is 14.3. The van der Waals surface area contributed by atoms with Crippen LogP contribution in [-0.4, -0.2) is 226 Å². The molecule has 0 radical (unpaired) electrons. The van der Waals surface area contributed by atoms with Crippen LogP contribution in [-0.2, 0) is 80.2 Å². The fraction of sp³-hybridized carbons (Fsp3) is 0.585. The van der Waals surface area contributed by atoms with Crippen molar-refractivity contribution in [2.24, 2.45) is 107 Å². The third-order valence-corrected chi connectivity index (χ3v) is 27.7. The zero-order valence-electron chi connectivity index (χ0n) is 87.1. The molecule has 4 aromatic carbocycles. The van der Waals surface area contributed by atoms with Gasteiger partial charge in [-0.05, 0) is 181 Å². The number of ketones is 8. The molecule has 4 aromatic rings. The van der Waals surface area contributed by atoms with Crippen LogP contribution in [0.4, 0.5) is 14.0 Å². The maximum Gasteiger partial charge on any atom is 0.408 e. The second-order valence-electron chi connectivity index (χ2n) is 38.4. The molecule has 810 valence electrons. The Labute approximate surface area is 880 Å². The topological polar surface area (TPSA) is 619 Å². The van der Waals surface area contributed by atoms with Crippen molar-refractivity contribution in [3.8, 4) is 0 Å². The van der Waals surface area contributed by atoms with Crippen LogP contribution in [0.1, 0.15) is 281 Å². The molecule has 1 unspecified atom stereocenters. The summed E-state index contributed by atoms with van der Waals surface area (Å²) >= 11 is 6.48. The predicted octanol–water partition coefficient (Wildman–Crippen LogP) is 11.0. The molecule has 1 saturated carbocycles. The van der Waals surface area contributed by atoms with E-state index in [-0.39, 0.29) is 156 Å². The van der Waals surface area contributed by atoms with Crippen molar-refractivity contribution in [2.75, 3.05) is 45.8 Å². The molecule has 0 aromatic heterocycles. The van der Waals surface area contributed by atoms with E-state index in [0.29, 0.717) is 191 Å². The van der Waals surface area contributed by atoms with Crippen LogP contribution in [0, 0.1) is 47.2 Å². The minimum Gasteiger partial charge on any atom is -0.445 e. The Kier molecular flexibility index (Phi) is 55.6. The van der Waals surface area contributed by atoms with Gasteiger partial charge >= 0.3 is 12.2 Å². The van der Waals surface area contributed by atoms with Gasteiger partial charge in [0.25, 0.3) is 11.8 Å². The van der Waals surface area contributed by atoms with Gasteiger partial charge in [0.05, 0.1) is 29.7 Å². The second kappa shape index (κ2) is 65.3. The Balaban J connectivity index is 0.000000345. The lowest BCUT2D eigenvalue weighted by Crippen LogP contribution is -2.60. The number of nitrogens with zero attached hydrogens (tertiary/aromatic N) is 7. The Morgan fingerprint density at radius 3 is 1.17 bits per heavy atom. The number of amides is 8. The number of Topliss-reactive ketones (excluding diaryl/α,β-unsaturated/α-hetero) is 8. The van der Waals surface area contributed by atoms with Gasteiger partial charge in [0.15, 0.2) is 47.0 Å². The second-order valence-corrected chi connectivity index (χ2v) is 40.2. The van der Waals surface area contributed by atoms with Crippen molar-refractivity contribution in [3.05, 3.63) is 140 Å². The highest BCUT2D eigenvalue weighted by Crippen LogP contribution is 2.37. The van der Waals surface area contributed by atoms with Gasteiger partial charge in [-0.2, -0.15) is 0 Å². The van der Waals surface area contributed by atoms with E-state index in [1.54, 1.807) is 88.6 Å². The number of alkyl carbamates (subject to hydrolysis) is 2. The lowest BCUT2D eigenvalue weighted by molar-refractivity contribution is -0.143. The molecule has 8 amide bonds. The first-order chi connectivity index (χ1) is 69.8. The molecule has 4 fully saturated rings. The van der Waals surface area contributed by atoms with Crippen LogP contribution in [0.25, 0.3) is 0 Å². The lowest BCUT2D eigenvalue weighted by Gasteiger charge is -2.35. The molecule has 21 N–H and O–H groups in total. The summed E-state index contributed by atoms with van der Waals surface area (Å²) in [7, 11) is 0. The molecule has 1 aliphatic carbocycles. The van der Waals surface area contributed by atoms with Gasteiger partial charge in [-0.15, -0.1) is 0 Å². The predicted molar refractivity (Wildman–Crippen MR) is 569 cm³/mol. The zero-order valence-corrected chi connectivity index (χ0v) is 90.3. The number of ether oxygens (including phenoxy) is 2. The smallest absolute Gasteiger partial charge is 0.408 e. The van der Waals surface area contributed by atoms with Crippen LogP contribution < -0.4 is 72.5 Å². The summed E-state index contributed by atoms with van der Waals surface area (Å²) in [5.74, 6) is -6.28. The van der Waals surface area contributed by atoms with Crippen LogP contribution in [0.5, 0.6) is 0 Å². The average molecular weight is 2180 g/mol. The van der Waals surface area contributed by atoms with E-state index in [4.69, 9.17) is 55.3 Å². The van der Waals surface area contributed by atoms with Crippen LogP contribution in [0.15, 0.2) is 132 Å². The summed E-state index contributed by atoms with van der Waals surface area (Å²) in [4.78, 5) is 228. The van der Waals surface area contributed by atoms with Gasteiger partial charge in [-0.1, -0.05) is 181 Å². The van der Waals surface area contributed by atoms with Crippen LogP contribution in [0.3, 0.4) is 0 Å². The molecule has 3 saturated heterocycles. The molecule has 147 heavy (non-hydrogen) atoms. The summed E-state index contributed by atoms with van der Waals surface area (Å²) in [5, 5.41) is 13.7. The summed E-state index contributed by atoms with van der Waals surface area (Å²) in [6, 6.07) is 24.3. The Morgan fingerprint density at radius 2 is 0.789 bits per heavy atom. The molecule has 4 aliphatic rings. The standard InChI is InChI=1S/C28H41N5O5.C28H43N5O5.C26H37BrFN5O4.C24H36BrN5O4/c1-2-23(34)21(12-8-16-31-26(29)30)18-24(35)22-13-9-17-33(22)25(36)28(14-6-7-15-28)32-27(37)38-19-20-10-4-3-5-11-20;1-4-19(3)25(32-28(37)38-18-20-11-7-6-8-12-20)26(36)33-16-10-14-22(33)24(35)17-21(23(34)5-2)13-9-15-31-27(29)30;1-4-21(34)16(7-5-11-31-26(29)30)13-22(35)20-8-6-12-33(20)25(37)23(15(2)3)32-24(36)18-10-9-17(27)14-19(18)28;1-5-19(31)17(7-6-12-28-24(26)27)13-20(32)15(4)29-23(34)21(14(2)3)30-22(33)16-8-10-18(25)11-9-16/h3-5,10-11,21-22H,2,6-9,12-19H2,1H3,(H,32,37)(H4,29,30,31);6-8,11-12,19,21-22,25H,4-5,9-10,13-18H2,1-3H3,(H,32,37)(H4,29,30,31);9-10,14-16,20,23H,4-8,11-13H2,1-3H3,(H,32,36)(H4,29,30,31);8-11,14-15,17,21H,5-7,12-13H2,1-4H3,(H,29,34)(H,30,33)(H4,26,27,28)/t21-,22+;19?,21-,22+,25+;16-,20+,23+;15-,17+,21-/m1110/s1. The zero-order chi connectivity index (χ0) is 109. The third-order valence-electron chi connectivity index (χ3n) is 26.7. The minimum absolute atomic E-state index is 0.00190. The van der Waals surface area contributed by atoms with E-state index in [1.807, 2.05) is 88.4 Å². The number of hydrogen-bond donors (Lipinski definition) is 13. The Bertz CT molecular complexity index is 5130. The SMILES string of the molecule is CCC(=O)[C@H](CCCN=C(N)N)CC(=O)[C@@H]1CCCN1C(=O)C1(NC(=O)OCc2ccccc2)CCCC1.CCC(=O)[C@H](CCCN=C(N)N)CC(=O)[C@@H]1CCCN1C(=O)[C@@H](NC(=O)OCc1ccccc1)C(C)CC.CCC(=O)[C@H](CCCN=C(N)N)CC(=O)[C@@H]1CCCN1C(=O)[C@@H](NC(=O)c1ccc(Br)cc1F)C(C)C.CCC(=O)[C@H](CCCN=C(N)N)CC(=O)[C@H](C)NC(=O)[C@@H](NC(=O)c1ccc(Br)cc1)C(C)C. The van der Waals surface area contributed by atoms with Crippen LogP contribution in [0.2, 0.25) is 0 Å². The van der Waals surface area contributed by atoms with Gasteiger partial charge in [0.2, 0.25) is 23.6 Å². The number of rotatable bonds is 55. The average Bonchev–Trinajstić information content (AvgIpc) is 1.64. The van der Waals surface area contributed by atoms with Gasteiger partial charge in [-0.25, -0.2) is 14.0 Å². The van der Waals surface area contributed by atoms with E-state index < -0.39 is 101 Å². The number of aliphatic imine (C=N–C) groups is 4. The lowest BCUT2D eigenvalue weighted by atomic mass is 9.88. The molecule has 3 heterocycles.